The van der Waals surface area contributed by atoms with Crippen LogP contribution in [0, 0.1) is 13.8 Å². The first-order valence-corrected chi connectivity index (χ1v) is 10.1. The molecule has 0 unspecified atom stereocenters. The van der Waals surface area contributed by atoms with Crippen molar-refractivity contribution in [3.8, 4) is 11.3 Å². The van der Waals surface area contributed by atoms with Gasteiger partial charge in [-0.3, -0.25) is 9.36 Å². The van der Waals surface area contributed by atoms with E-state index in [1.807, 2.05) is 38.3 Å². The van der Waals surface area contributed by atoms with Crippen molar-refractivity contribution in [2.75, 3.05) is 0 Å². The number of hydrogen-bond acceptors (Lipinski definition) is 7. The molecule has 4 heterocycles. The Morgan fingerprint density at radius 1 is 1.35 bits per heavy atom. The van der Waals surface area contributed by atoms with Crippen LogP contribution in [0.25, 0.3) is 21.5 Å². The Labute approximate surface area is 157 Å². The van der Waals surface area contributed by atoms with Gasteiger partial charge in [-0.1, -0.05) is 16.9 Å². The summed E-state index contributed by atoms with van der Waals surface area (Å²) in [6.45, 7) is 6.33. The summed E-state index contributed by atoms with van der Waals surface area (Å²) in [6, 6.07) is 3.68. The molecule has 0 amide bonds. The van der Waals surface area contributed by atoms with Crippen LogP contribution in [0.3, 0.4) is 0 Å². The maximum absolute atomic E-state index is 13.1. The van der Waals surface area contributed by atoms with Crippen molar-refractivity contribution in [3.63, 3.8) is 0 Å². The summed E-state index contributed by atoms with van der Waals surface area (Å²) in [5, 5.41) is 7.24. The average Bonchev–Trinajstić information content (AvgIpc) is 3.34. The third kappa shape index (κ3) is 2.79. The number of thiophene rings is 1. The van der Waals surface area contributed by atoms with Gasteiger partial charge >= 0.3 is 0 Å². The molecule has 0 aliphatic heterocycles. The van der Waals surface area contributed by atoms with Gasteiger partial charge in [-0.15, -0.1) is 11.3 Å². The number of fused-ring (bicyclic) bond motifs is 1. The SMILES string of the molecule is CCn1c(SCc2c(C)noc2C)nc2scc(-c3ccco3)c2c1=O. The average molecular weight is 387 g/mol. The molecule has 26 heavy (non-hydrogen) atoms. The third-order valence-corrected chi connectivity index (χ3v) is 6.16. The molecule has 4 rings (SSSR count). The Bertz CT molecular complexity index is 1100. The molecule has 0 bridgehead atoms. The summed E-state index contributed by atoms with van der Waals surface area (Å²) >= 11 is 2.99. The predicted molar refractivity (Wildman–Crippen MR) is 103 cm³/mol. The summed E-state index contributed by atoms with van der Waals surface area (Å²) in [5.74, 6) is 2.15. The fraction of sp³-hybridized carbons (Fsp3) is 0.278. The van der Waals surface area contributed by atoms with E-state index in [-0.39, 0.29) is 5.56 Å². The molecular formula is C18H17N3O3S2. The van der Waals surface area contributed by atoms with Crippen LogP contribution in [-0.2, 0) is 12.3 Å². The number of rotatable bonds is 5. The molecule has 0 radical (unpaired) electrons. The first-order chi connectivity index (χ1) is 12.6. The summed E-state index contributed by atoms with van der Waals surface area (Å²) in [6.07, 6.45) is 1.61. The topological polar surface area (TPSA) is 74.1 Å². The second kappa shape index (κ2) is 6.77. The molecule has 0 atom stereocenters. The zero-order chi connectivity index (χ0) is 18.3. The minimum absolute atomic E-state index is 0.0357. The molecule has 4 aromatic rings. The Hall–Kier alpha value is -2.32. The molecule has 0 aliphatic rings. The molecule has 6 nitrogen and oxygen atoms in total. The molecule has 0 aliphatic carbocycles. The van der Waals surface area contributed by atoms with Gasteiger partial charge in [0.15, 0.2) is 5.16 Å². The van der Waals surface area contributed by atoms with Gasteiger partial charge in [-0.25, -0.2) is 4.98 Å². The minimum Gasteiger partial charge on any atom is -0.464 e. The zero-order valence-electron chi connectivity index (χ0n) is 14.6. The van der Waals surface area contributed by atoms with E-state index >= 15 is 0 Å². The Kier molecular flexibility index (Phi) is 4.46. The van der Waals surface area contributed by atoms with Crippen molar-refractivity contribution in [2.24, 2.45) is 0 Å². The standard InChI is InChI=1S/C18H17N3O3S2/c1-4-21-17(22)15-13(14-6-5-7-23-14)9-25-16(15)19-18(21)26-8-12-10(2)20-24-11(12)3/h5-7,9H,4,8H2,1-3H3. The Morgan fingerprint density at radius 2 is 2.19 bits per heavy atom. The highest BCUT2D eigenvalue weighted by molar-refractivity contribution is 7.98. The van der Waals surface area contributed by atoms with Crippen LogP contribution in [0.4, 0.5) is 0 Å². The Morgan fingerprint density at radius 3 is 2.85 bits per heavy atom. The largest absolute Gasteiger partial charge is 0.464 e. The Balaban J connectivity index is 1.78. The molecule has 0 aromatic carbocycles. The van der Waals surface area contributed by atoms with Crippen LogP contribution >= 0.6 is 23.1 Å². The van der Waals surface area contributed by atoms with Gasteiger partial charge < -0.3 is 8.94 Å². The highest BCUT2D eigenvalue weighted by atomic mass is 32.2. The quantitative estimate of drug-likeness (QED) is 0.367. The van der Waals surface area contributed by atoms with Gasteiger partial charge in [0.1, 0.15) is 16.4 Å². The van der Waals surface area contributed by atoms with Crippen molar-refractivity contribution in [2.45, 2.75) is 38.2 Å². The maximum atomic E-state index is 13.1. The lowest BCUT2D eigenvalue weighted by molar-refractivity contribution is 0.392. The van der Waals surface area contributed by atoms with E-state index in [0.29, 0.717) is 28.6 Å². The normalized spacial score (nSPS) is 11.5. The number of furan rings is 1. The van der Waals surface area contributed by atoms with Gasteiger partial charge in [-0.05, 0) is 32.9 Å². The fourth-order valence-corrected chi connectivity index (χ4v) is 5.04. The van der Waals surface area contributed by atoms with Crippen LogP contribution in [0.2, 0.25) is 0 Å². The number of hydrogen-bond donors (Lipinski definition) is 0. The van der Waals surface area contributed by atoms with Crippen molar-refractivity contribution in [1.29, 1.82) is 0 Å². The van der Waals surface area contributed by atoms with Gasteiger partial charge in [0.25, 0.3) is 5.56 Å². The number of aromatic nitrogens is 3. The predicted octanol–water partition coefficient (Wildman–Crippen LogP) is 4.64. The highest BCUT2D eigenvalue weighted by Gasteiger charge is 2.19. The molecule has 4 aromatic heterocycles. The first kappa shape index (κ1) is 17.1. The van der Waals surface area contributed by atoms with E-state index in [1.54, 1.807) is 10.8 Å². The lowest BCUT2D eigenvalue weighted by Crippen LogP contribution is -2.22. The maximum Gasteiger partial charge on any atom is 0.263 e. The second-order valence-electron chi connectivity index (χ2n) is 5.84. The first-order valence-electron chi connectivity index (χ1n) is 8.20. The van der Waals surface area contributed by atoms with Crippen molar-refractivity contribution < 1.29 is 8.94 Å². The van der Waals surface area contributed by atoms with Crippen LogP contribution in [0.15, 0.2) is 42.7 Å². The molecule has 0 spiro atoms. The van der Waals surface area contributed by atoms with E-state index in [1.165, 1.54) is 23.1 Å². The van der Waals surface area contributed by atoms with Gasteiger partial charge in [-0.2, -0.15) is 0 Å². The monoisotopic (exact) mass is 387 g/mol. The van der Waals surface area contributed by atoms with Crippen molar-refractivity contribution in [1.82, 2.24) is 14.7 Å². The summed E-state index contributed by atoms with van der Waals surface area (Å²) in [4.78, 5) is 18.6. The minimum atomic E-state index is -0.0357. The van der Waals surface area contributed by atoms with Crippen LogP contribution in [0.5, 0.6) is 0 Å². The molecule has 134 valence electrons. The van der Waals surface area contributed by atoms with Crippen LogP contribution in [-0.4, -0.2) is 14.7 Å². The van der Waals surface area contributed by atoms with Gasteiger partial charge in [0.2, 0.25) is 0 Å². The van der Waals surface area contributed by atoms with Gasteiger partial charge in [0.05, 0.1) is 17.3 Å². The summed E-state index contributed by atoms with van der Waals surface area (Å²) in [5.41, 5.74) is 2.69. The molecule has 0 saturated carbocycles. The molecule has 0 fully saturated rings. The van der Waals surface area contributed by atoms with Gasteiger partial charge in [0, 0.05) is 28.8 Å². The number of aryl methyl sites for hydroxylation is 2. The lowest BCUT2D eigenvalue weighted by atomic mass is 10.2. The lowest BCUT2D eigenvalue weighted by Gasteiger charge is -2.10. The number of thioether (sulfide) groups is 1. The molecule has 0 saturated heterocycles. The fourth-order valence-electron chi connectivity index (χ4n) is 2.85. The van der Waals surface area contributed by atoms with E-state index in [4.69, 9.17) is 13.9 Å². The smallest absolute Gasteiger partial charge is 0.263 e. The molecule has 8 heteroatoms. The van der Waals surface area contributed by atoms with Crippen LogP contribution in [0.1, 0.15) is 23.9 Å². The molecular weight excluding hydrogens is 370 g/mol. The second-order valence-corrected chi connectivity index (χ2v) is 7.64. The van der Waals surface area contributed by atoms with E-state index < -0.39 is 0 Å². The van der Waals surface area contributed by atoms with E-state index in [2.05, 4.69) is 5.16 Å². The van der Waals surface area contributed by atoms with Crippen molar-refractivity contribution in [3.05, 3.63) is 51.1 Å². The highest BCUT2D eigenvalue weighted by Crippen LogP contribution is 2.33. The zero-order valence-corrected chi connectivity index (χ0v) is 16.2. The molecule has 0 N–H and O–H groups in total. The summed E-state index contributed by atoms with van der Waals surface area (Å²) < 4.78 is 12.4. The van der Waals surface area contributed by atoms with E-state index in [0.717, 1.165) is 27.4 Å². The summed E-state index contributed by atoms with van der Waals surface area (Å²) in [7, 11) is 0. The number of nitrogens with zero attached hydrogens (tertiary/aromatic N) is 3. The third-order valence-electron chi connectivity index (χ3n) is 4.29. The van der Waals surface area contributed by atoms with E-state index in [9.17, 15) is 4.79 Å². The van der Waals surface area contributed by atoms with Crippen LogP contribution < -0.4 is 5.56 Å². The van der Waals surface area contributed by atoms with Crippen molar-refractivity contribution >= 4 is 33.3 Å².